The maximum atomic E-state index is 12.7. The van der Waals surface area contributed by atoms with Gasteiger partial charge < -0.3 is 4.52 Å². The Morgan fingerprint density at radius 3 is 2.32 bits per heavy atom. The minimum Gasteiger partial charge on any atom is -0.337 e. The third-order valence-corrected chi connectivity index (χ3v) is 6.65. The molecule has 0 aliphatic heterocycles. The van der Waals surface area contributed by atoms with E-state index in [1.165, 1.54) is 11.1 Å². The molecule has 0 saturated carbocycles. The Morgan fingerprint density at radius 1 is 0.806 bits per heavy atom. The van der Waals surface area contributed by atoms with Crippen LogP contribution in [0.2, 0.25) is 0 Å². The highest BCUT2D eigenvalue weighted by atomic mass is 32.2. The summed E-state index contributed by atoms with van der Waals surface area (Å²) in [6, 6.07) is 25.0. The van der Waals surface area contributed by atoms with E-state index in [-0.39, 0.29) is 10.8 Å². The summed E-state index contributed by atoms with van der Waals surface area (Å²) in [4.78, 5) is 0.191. The maximum absolute atomic E-state index is 12.7. The fourth-order valence-electron chi connectivity index (χ4n) is 3.35. The van der Waals surface area contributed by atoms with Gasteiger partial charge >= 0.3 is 0 Å². The van der Waals surface area contributed by atoms with Gasteiger partial charge in [0, 0.05) is 11.6 Å². The molecule has 31 heavy (non-hydrogen) atoms. The van der Waals surface area contributed by atoms with Gasteiger partial charge in [-0.2, -0.15) is 0 Å². The number of sulfonamides is 1. The van der Waals surface area contributed by atoms with Crippen molar-refractivity contribution in [1.82, 2.24) is 5.16 Å². The van der Waals surface area contributed by atoms with E-state index in [0.29, 0.717) is 5.69 Å². The van der Waals surface area contributed by atoms with Crippen LogP contribution in [0.3, 0.4) is 0 Å². The van der Waals surface area contributed by atoms with Crippen LogP contribution in [0.1, 0.15) is 22.3 Å². The summed E-state index contributed by atoms with van der Waals surface area (Å²) in [5, 5.41) is 4.05. The second-order valence-electron chi connectivity index (χ2n) is 7.61. The van der Waals surface area contributed by atoms with Crippen LogP contribution in [-0.2, 0) is 22.9 Å². The molecule has 0 radical (unpaired) electrons. The second-order valence-corrected chi connectivity index (χ2v) is 9.30. The molecular weight excluding hydrogens is 408 g/mol. The molecule has 158 valence electrons. The summed E-state index contributed by atoms with van der Waals surface area (Å²) in [6.07, 6.45) is 1.85. The van der Waals surface area contributed by atoms with Crippen LogP contribution in [0.4, 0.5) is 5.88 Å². The smallest absolute Gasteiger partial charge is 0.264 e. The van der Waals surface area contributed by atoms with Crippen molar-refractivity contribution in [2.45, 2.75) is 31.6 Å². The number of hydrogen-bond donors (Lipinski definition) is 1. The molecule has 5 nitrogen and oxygen atoms in total. The highest BCUT2D eigenvalue weighted by Gasteiger charge is 2.18. The molecule has 0 saturated heterocycles. The van der Waals surface area contributed by atoms with Gasteiger partial charge in [0.2, 0.25) is 5.88 Å². The summed E-state index contributed by atoms with van der Waals surface area (Å²) >= 11 is 0. The van der Waals surface area contributed by atoms with E-state index in [1.807, 2.05) is 44.2 Å². The number of hydrogen-bond acceptors (Lipinski definition) is 4. The molecule has 0 bridgehead atoms. The normalized spacial score (nSPS) is 11.4. The van der Waals surface area contributed by atoms with Crippen molar-refractivity contribution in [1.29, 1.82) is 0 Å². The fourth-order valence-corrected chi connectivity index (χ4v) is 4.41. The van der Waals surface area contributed by atoms with Crippen LogP contribution in [0.5, 0.6) is 0 Å². The predicted molar refractivity (Wildman–Crippen MR) is 123 cm³/mol. The van der Waals surface area contributed by atoms with Gasteiger partial charge in [-0.15, -0.1) is 0 Å². The molecule has 1 heterocycles. The van der Waals surface area contributed by atoms with Crippen LogP contribution >= 0.6 is 0 Å². The first-order valence-corrected chi connectivity index (χ1v) is 11.6. The fraction of sp³-hybridized carbons (Fsp3) is 0.160. The Bertz CT molecular complexity index is 1300. The Morgan fingerprint density at radius 2 is 1.55 bits per heavy atom. The average molecular weight is 433 g/mol. The zero-order valence-corrected chi connectivity index (χ0v) is 18.3. The van der Waals surface area contributed by atoms with Crippen molar-refractivity contribution in [2.75, 3.05) is 4.72 Å². The number of nitrogens with zero attached hydrogens (tertiary/aromatic N) is 1. The quantitative estimate of drug-likeness (QED) is 0.416. The Kier molecular flexibility index (Phi) is 5.91. The summed E-state index contributed by atoms with van der Waals surface area (Å²) in [5.41, 5.74) is 5.88. The Hall–Kier alpha value is -3.38. The molecule has 1 aromatic heterocycles. The molecule has 1 N–H and O–H groups in total. The molecular formula is C25H24N2O3S. The van der Waals surface area contributed by atoms with E-state index in [9.17, 15) is 8.42 Å². The molecule has 0 aliphatic carbocycles. The third-order valence-electron chi connectivity index (χ3n) is 5.30. The number of rotatable bonds is 7. The Balaban J connectivity index is 1.49. The lowest BCUT2D eigenvalue weighted by molar-refractivity contribution is 0.438. The first-order valence-electron chi connectivity index (χ1n) is 10.1. The number of aryl methyl sites for hydroxylation is 4. The van der Waals surface area contributed by atoms with Crippen molar-refractivity contribution in [3.63, 3.8) is 0 Å². The van der Waals surface area contributed by atoms with Crippen LogP contribution in [0.15, 0.2) is 88.3 Å². The standard InChI is InChI=1S/C25H24N2O3S/c1-18-11-14-23(15-19(18)2)31(28,29)27-25-17-24(26-30-25)22-10-6-9-21(16-22)13-12-20-7-4-3-5-8-20/h3-11,14-17,27H,12-13H2,1-2H3. The first-order chi connectivity index (χ1) is 14.9. The van der Waals surface area contributed by atoms with Crippen LogP contribution in [-0.4, -0.2) is 13.6 Å². The van der Waals surface area contributed by atoms with Gasteiger partial charge in [-0.05, 0) is 67.1 Å². The van der Waals surface area contributed by atoms with Crippen molar-refractivity contribution in [3.8, 4) is 11.3 Å². The Labute approximate surface area is 182 Å². The van der Waals surface area contributed by atoms with E-state index in [2.05, 4.69) is 34.1 Å². The van der Waals surface area contributed by atoms with Gasteiger partial charge in [0.05, 0.1) is 4.90 Å². The molecule has 0 amide bonds. The molecule has 0 atom stereocenters. The highest BCUT2D eigenvalue weighted by Crippen LogP contribution is 2.25. The molecule has 4 aromatic rings. The van der Waals surface area contributed by atoms with E-state index in [0.717, 1.165) is 29.5 Å². The lowest BCUT2D eigenvalue weighted by Gasteiger charge is -2.07. The minimum atomic E-state index is -3.75. The number of benzene rings is 3. The van der Waals surface area contributed by atoms with Crippen molar-refractivity contribution < 1.29 is 12.9 Å². The van der Waals surface area contributed by atoms with Crippen molar-refractivity contribution in [2.24, 2.45) is 0 Å². The minimum absolute atomic E-state index is 0.0860. The molecule has 4 rings (SSSR count). The monoisotopic (exact) mass is 432 g/mol. The molecule has 0 aliphatic rings. The number of nitrogens with one attached hydrogen (secondary N) is 1. The molecule has 0 spiro atoms. The third kappa shape index (κ3) is 5.03. The van der Waals surface area contributed by atoms with E-state index >= 15 is 0 Å². The SMILES string of the molecule is Cc1ccc(S(=O)(=O)Nc2cc(-c3cccc(CCc4ccccc4)c3)no2)cc1C. The number of aromatic nitrogens is 1. The summed E-state index contributed by atoms with van der Waals surface area (Å²) in [7, 11) is -3.75. The highest BCUT2D eigenvalue weighted by molar-refractivity contribution is 7.92. The largest absolute Gasteiger partial charge is 0.337 e. The lowest BCUT2D eigenvalue weighted by atomic mass is 10.0. The second kappa shape index (κ2) is 8.78. The molecule has 6 heteroatoms. The van der Waals surface area contributed by atoms with Crippen LogP contribution in [0, 0.1) is 13.8 Å². The summed E-state index contributed by atoms with van der Waals surface area (Å²) in [5.74, 6) is 0.0860. The molecule has 0 fully saturated rings. The van der Waals surface area contributed by atoms with Gasteiger partial charge in [-0.3, -0.25) is 0 Å². The predicted octanol–water partition coefficient (Wildman–Crippen LogP) is 5.54. The van der Waals surface area contributed by atoms with Crippen molar-refractivity contribution >= 4 is 15.9 Å². The first kappa shape index (κ1) is 20.9. The topological polar surface area (TPSA) is 72.2 Å². The molecule has 3 aromatic carbocycles. The summed E-state index contributed by atoms with van der Waals surface area (Å²) in [6.45, 7) is 3.82. The average Bonchev–Trinajstić information content (AvgIpc) is 3.23. The maximum Gasteiger partial charge on any atom is 0.264 e. The van der Waals surface area contributed by atoms with E-state index < -0.39 is 10.0 Å². The zero-order valence-electron chi connectivity index (χ0n) is 17.5. The number of anilines is 1. The van der Waals surface area contributed by atoms with E-state index in [4.69, 9.17) is 4.52 Å². The zero-order chi connectivity index (χ0) is 21.8. The van der Waals surface area contributed by atoms with Gasteiger partial charge in [-0.25, -0.2) is 13.1 Å². The van der Waals surface area contributed by atoms with Crippen LogP contribution < -0.4 is 4.72 Å². The van der Waals surface area contributed by atoms with Gasteiger partial charge in [0.25, 0.3) is 10.0 Å². The van der Waals surface area contributed by atoms with E-state index in [1.54, 1.807) is 24.3 Å². The van der Waals surface area contributed by atoms with Gasteiger partial charge in [0.1, 0.15) is 5.69 Å². The van der Waals surface area contributed by atoms with Crippen molar-refractivity contribution in [3.05, 3.63) is 101 Å². The van der Waals surface area contributed by atoms with Crippen LogP contribution in [0.25, 0.3) is 11.3 Å². The van der Waals surface area contributed by atoms with Gasteiger partial charge in [-0.1, -0.05) is 59.8 Å². The lowest BCUT2D eigenvalue weighted by Crippen LogP contribution is -2.12. The van der Waals surface area contributed by atoms with Gasteiger partial charge in [0.15, 0.2) is 0 Å². The summed E-state index contributed by atoms with van der Waals surface area (Å²) < 4.78 is 33.1. The molecule has 0 unspecified atom stereocenters.